The van der Waals surface area contributed by atoms with Gasteiger partial charge in [-0.25, -0.2) is 12.9 Å². The summed E-state index contributed by atoms with van der Waals surface area (Å²) in [6.45, 7) is 5.42. The van der Waals surface area contributed by atoms with Crippen molar-refractivity contribution in [2.24, 2.45) is 0 Å². The number of methoxy groups -OCH3 is 1. The van der Waals surface area contributed by atoms with E-state index in [0.717, 1.165) is 5.56 Å². The SMILES string of the molecule is C#CCCC(OC)C(CF)N(Cc1ccccc1)S(=O)C(C)(C)C. The van der Waals surface area contributed by atoms with Gasteiger partial charge in [-0.1, -0.05) is 30.3 Å². The lowest BCUT2D eigenvalue weighted by atomic mass is 10.1. The summed E-state index contributed by atoms with van der Waals surface area (Å²) in [6.07, 6.45) is 5.96. The number of hydrogen-bond acceptors (Lipinski definition) is 2. The highest BCUT2D eigenvalue weighted by Gasteiger charge is 2.36. The summed E-state index contributed by atoms with van der Waals surface area (Å²) in [5.74, 6) is 2.56. The highest BCUT2D eigenvalue weighted by Crippen LogP contribution is 2.25. The predicted octanol–water partition coefficient (Wildman–Crippen LogP) is 3.72. The van der Waals surface area contributed by atoms with E-state index < -0.39 is 34.6 Å². The second-order valence-corrected chi connectivity index (χ2v) is 8.85. The Labute approximate surface area is 148 Å². The third-order valence-corrected chi connectivity index (χ3v) is 5.62. The van der Waals surface area contributed by atoms with E-state index in [1.807, 2.05) is 51.1 Å². The molecule has 0 amide bonds. The fraction of sp³-hybridized carbons (Fsp3) is 0.579. The molecule has 0 aliphatic rings. The van der Waals surface area contributed by atoms with Gasteiger partial charge in [0.05, 0.1) is 16.9 Å². The van der Waals surface area contributed by atoms with E-state index in [2.05, 4.69) is 5.92 Å². The molecule has 3 atom stereocenters. The fourth-order valence-corrected chi connectivity index (χ4v) is 3.88. The van der Waals surface area contributed by atoms with Gasteiger partial charge >= 0.3 is 0 Å². The molecule has 1 rings (SSSR count). The summed E-state index contributed by atoms with van der Waals surface area (Å²) in [5, 5.41) is 0. The van der Waals surface area contributed by atoms with Gasteiger partial charge in [0.2, 0.25) is 0 Å². The minimum Gasteiger partial charge on any atom is -0.380 e. The van der Waals surface area contributed by atoms with E-state index in [0.29, 0.717) is 19.4 Å². The van der Waals surface area contributed by atoms with Gasteiger partial charge in [-0.15, -0.1) is 12.3 Å². The van der Waals surface area contributed by atoms with Crippen LogP contribution in [-0.4, -0.2) is 39.2 Å². The molecular weight excluding hydrogens is 325 g/mol. The van der Waals surface area contributed by atoms with Gasteiger partial charge < -0.3 is 4.74 Å². The fourth-order valence-electron chi connectivity index (χ4n) is 2.47. The molecule has 1 aromatic carbocycles. The molecule has 0 saturated heterocycles. The van der Waals surface area contributed by atoms with Gasteiger partial charge in [-0.2, -0.15) is 0 Å². The summed E-state index contributed by atoms with van der Waals surface area (Å²) >= 11 is 0. The molecular formula is C19H28FNO2S. The number of rotatable bonds is 9. The van der Waals surface area contributed by atoms with E-state index >= 15 is 0 Å². The molecule has 0 fully saturated rings. The molecule has 0 aliphatic heterocycles. The highest BCUT2D eigenvalue weighted by atomic mass is 32.2. The van der Waals surface area contributed by atoms with Gasteiger partial charge in [0.1, 0.15) is 17.7 Å². The molecule has 0 heterocycles. The topological polar surface area (TPSA) is 29.5 Å². The zero-order valence-corrected chi connectivity index (χ0v) is 15.8. The van der Waals surface area contributed by atoms with E-state index in [1.54, 1.807) is 11.4 Å². The first kappa shape index (κ1) is 20.8. The maximum Gasteiger partial charge on any atom is 0.108 e. The first-order chi connectivity index (χ1) is 11.3. The lowest BCUT2D eigenvalue weighted by molar-refractivity contribution is 0.0266. The van der Waals surface area contributed by atoms with Crippen molar-refractivity contribution in [1.82, 2.24) is 4.31 Å². The van der Waals surface area contributed by atoms with Crippen LogP contribution in [0.4, 0.5) is 4.39 Å². The first-order valence-corrected chi connectivity index (χ1v) is 9.20. The van der Waals surface area contributed by atoms with Gasteiger partial charge in [0, 0.05) is 20.1 Å². The highest BCUT2D eigenvalue weighted by molar-refractivity contribution is 7.84. The van der Waals surface area contributed by atoms with E-state index in [4.69, 9.17) is 11.2 Å². The third kappa shape index (κ3) is 6.01. The molecule has 0 bridgehead atoms. The van der Waals surface area contributed by atoms with Crippen molar-refractivity contribution >= 4 is 11.0 Å². The van der Waals surface area contributed by atoms with Crippen molar-refractivity contribution in [2.45, 2.75) is 57.1 Å². The molecule has 0 radical (unpaired) electrons. The monoisotopic (exact) mass is 353 g/mol. The number of hydrogen-bond donors (Lipinski definition) is 0. The summed E-state index contributed by atoms with van der Waals surface area (Å²) in [5.41, 5.74) is 0.986. The standard InChI is InChI=1S/C19H28FNO2S/c1-6-7-13-18(23-5)17(14-20)21(24(22)19(2,3)4)15-16-11-9-8-10-12-16/h1,8-12,17-18H,7,13-15H2,2-5H3. The van der Waals surface area contributed by atoms with Crippen LogP contribution in [-0.2, 0) is 22.3 Å². The Morgan fingerprint density at radius 3 is 2.42 bits per heavy atom. The Kier molecular flexibility index (Phi) is 8.61. The van der Waals surface area contributed by atoms with Crippen molar-refractivity contribution < 1.29 is 13.3 Å². The van der Waals surface area contributed by atoms with E-state index in [-0.39, 0.29) is 0 Å². The van der Waals surface area contributed by atoms with Gasteiger partial charge in [0.25, 0.3) is 0 Å². The minimum atomic E-state index is -1.37. The van der Waals surface area contributed by atoms with Crippen LogP contribution in [0.25, 0.3) is 0 Å². The maximum atomic E-state index is 13.9. The number of benzene rings is 1. The zero-order chi connectivity index (χ0) is 18.2. The third-order valence-electron chi connectivity index (χ3n) is 3.75. The lowest BCUT2D eigenvalue weighted by Gasteiger charge is -2.37. The van der Waals surface area contributed by atoms with Crippen LogP contribution in [0.1, 0.15) is 39.2 Å². The number of halogens is 1. The number of terminal acetylenes is 1. The zero-order valence-electron chi connectivity index (χ0n) is 15.0. The normalized spacial score (nSPS) is 15.7. The van der Waals surface area contributed by atoms with Gasteiger partial charge in [-0.05, 0) is 32.8 Å². The van der Waals surface area contributed by atoms with Crippen LogP contribution in [0.2, 0.25) is 0 Å². The number of alkyl halides is 1. The number of ether oxygens (including phenoxy) is 1. The Morgan fingerprint density at radius 1 is 1.33 bits per heavy atom. The predicted molar refractivity (Wildman–Crippen MR) is 98.5 cm³/mol. The Hall–Kier alpha value is -1.22. The molecule has 0 aliphatic carbocycles. The molecule has 1 aromatic rings. The number of nitrogens with zero attached hydrogens (tertiary/aromatic N) is 1. The molecule has 0 saturated carbocycles. The summed E-state index contributed by atoms with van der Waals surface area (Å²) in [4.78, 5) is 0. The van der Waals surface area contributed by atoms with Crippen molar-refractivity contribution in [3.8, 4) is 12.3 Å². The second kappa shape index (κ2) is 9.93. The first-order valence-electron chi connectivity index (χ1n) is 8.10. The van der Waals surface area contributed by atoms with Gasteiger partial charge in [0.15, 0.2) is 0 Å². The Bertz CT molecular complexity index is 551. The average molecular weight is 354 g/mol. The Balaban J connectivity index is 3.13. The van der Waals surface area contributed by atoms with Crippen LogP contribution in [0.3, 0.4) is 0 Å². The smallest absolute Gasteiger partial charge is 0.108 e. The molecule has 5 heteroatoms. The van der Waals surface area contributed by atoms with Crippen LogP contribution in [0, 0.1) is 12.3 Å². The minimum absolute atomic E-state index is 0.398. The van der Waals surface area contributed by atoms with Crippen LogP contribution < -0.4 is 0 Å². The van der Waals surface area contributed by atoms with Crippen LogP contribution in [0.5, 0.6) is 0 Å². The van der Waals surface area contributed by atoms with Crippen LogP contribution in [0.15, 0.2) is 30.3 Å². The van der Waals surface area contributed by atoms with Crippen molar-refractivity contribution in [2.75, 3.05) is 13.8 Å². The molecule has 24 heavy (non-hydrogen) atoms. The average Bonchev–Trinajstić information content (AvgIpc) is 2.56. The van der Waals surface area contributed by atoms with Gasteiger partial charge in [-0.3, -0.25) is 0 Å². The maximum absolute atomic E-state index is 13.9. The van der Waals surface area contributed by atoms with Crippen molar-refractivity contribution in [3.05, 3.63) is 35.9 Å². The van der Waals surface area contributed by atoms with Crippen molar-refractivity contribution in [3.63, 3.8) is 0 Å². The van der Waals surface area contributed by atoms with Crippen molar-refractivity contribution in [1.29, 1.82) is 0 Å². The second-order valence-electron chi connectivity index (χ2n) is 6.66. The molecule has 3 unspecified atom stereocenters. The summed E-state index contributed by atoms with van der Waals surface area (Å²) in [7, 11) is 0.175. The van der Waals surface area contributed by atoms with E-state index in [9.17, 15) is 8.60 Å². The Morgan fingerprint density at radius 2 is 1.96 bits per heavy atom. The quantitative estimate of drug-likeness (QED) is 0.633. The summed E-state index contributed by atoms with van der Waals surface area (Å²) in [6, 6.07) is 9.06. The molecule has 3 nitrogen and oxygen atoms in total. The van der Waals surface area contributed by atoms with E-state index in [1.165, 1.54) is 0 Å². The summed E-state index contributed by atoms with van der Waals surface area (Å²) < 4.78 is 33.6. The molecule has 0 spiro atoms. The lowest BCUT2D eigenvalue weighted by Crippen LogP contribution is -2.50. The van der Waals surface area contributed by atoms with Crippen LogP contribution >= 0.6 is 0 Å². The molecule has 0 N–H and O–H groups in total. The largest absolute Gasteiger partial charge is 0.380 e. The molecule has 0 aromatic heterocycles. The molecule has 134 valence electrons.